The number of imide groups is 1. The quantitative estimate of drug-likeness (QED) is 0.425. The summed E-state index contributed by atoms with van der Waals surface area (Å²) in [5.41, 5.74) is 8.33. The highest BCUT2D eigenvalue weighted by Gasteiger charge is 2.39. The van der Waals surface area contributed by atoms with Gasteiger partial charge >= 0.3 is 0 Å². The molecule has 0 bridgehead atoms. The minimum atomic E-state index is -0.656. The summed E-state index contributed by atoms with van der Waals surface area (Å²) < 4.78 is 6.11. The van der Waals surface area contributed by atoms with E-state index >= 15 is 0 Å². The van der Waals surface area contributed by atoms with Gasteiger partial charge in [-0.05, 0) is 61.4 Å². The number of amides is 4. The molecule has 0 aliphatic carbocycles. The van der Waals surface area contributed by atoms with Crippen LogP contribution in [0.15, 0.2) is 35.0 Å². The molecule has 0 saturated carbocycles. The zero-order chi connectivity index (χ0) is 26.7. The van der Waals surface area contributed by atoms with Crippen molar-refractivity contribution in [1.82, 2.24) is 15.1 Å². The maximum absolute atomic E-state index is 13.3. The summed E-state index contributed by atoms with van der Waals surface area (Å²) in [7, 11) is 1.59. The normalized spacial score (nSPS) is 22.9. The molecule has 3 heterocycles. The van der Waals surface area contributed by atoms with Gasteiger partial charge in [0.15, 0.2) is 0 Å². The Labute approximate surface area is 216 Å². The third-order valence-electron chi connectivity index (χ3n) is 7.26. The topological polar surface area (TPSA) is 134 Å². The van der Waals surface area contributed by atoms with Gasteiger partial charge in [-0.25, -0.2) is 0 Å². The van der Waals surface area contributed by atoms with Crippen LogP contribution in [0, 0.1) is 5.92 Å². The standard InChI is InChI=1S/C27H35N5O5/c1-16(2)21(28)13-22(29-3)27(36)31-11-5-4-6-18(31)15-37-19-7-8-20-17(12-19)14-32(26(20)35)23-9-10-24(33)30-25(23)34/h7-8,12-13,16,18,23H,4-6,9-11,14-15,28H2,1-3H3,(H,30,33,34)/t18-,23?/m0/s1. The Kier molecular flexibility index (Phi) is 7.94. The first-order valence-corrected chi connectivity index (χ1v) is 12.8. The molecule has 1 unspecified atom stereocenters. The molecule has 2 fully saturated rings. The van der Waals surface area contributed by atoms with Gasteiger partial charge in [0.25, 0.3) is 11.8 Å². The summed E-state index contributed by atoms with van der Waals surface area (Å²) >= 11 is 0. The highest BCUT2D eigenvalue weighted by molar-refractivity contribution is 6.43. The lowest BCUT2D eigenvalue weighted by molar-refractivity contribution is -0.137. The van der Waals surface area contributed by atoms with Crippen LogP contribution in [-0.2, 0) is 20.9 Å². The van der Waals surface area contributed by atoms with Gasteiger partial charge < -0.3 is 20.3 Å². The molecule has 3 aliphatic rings. The van der Waals surface area contributed by atoms with Crippen LogP contribution >= 0.6 is 0 Å². The number of aliphatic imine (C=N–C) groups is 1. The van der Waals surface area contributed by atoms with Crippen molar-refractivity contribution in [1.29, 1.82) is 0 Å². The number of nitrogens with two attached hydrogens (primary N) is 1. The van der Waals surface area contributed by atoms with E-state index in [1.807, 2.05) is 24.8 Å². The summed E-state index contributed by atoms with van der Waals surface area (Å²) in [4.78, 5) is 57.5. The number of carbonyl (C=O) groups excluding carboxylic acids is 4. The van der Waals surface area contributed by atoms with Crippen molar-refractivity contribution in [3.05, 3.63) is 41.1 Å². The van der Waals surface area contributed by atoms with E-state index in [1.165, 1.54) is 4.90 Å². The Morgan fingerprint density at radius 2 is 2.03 bits per heavy atom. The fraction of sp³-hybridized carbons (Fsp3) is 0.519. The van der Waals surface area contributed by atoms with Crippen LogP contribution in [0.5, 0.6) is 5.75 Å². The number of allylic oxidation sites excluding steroid dienone is 1. The molecule has 10 heteroatoms. The van der Waals surface area contributed by atoms with Gasteiger partial charge in [-0.3, -0.25) is 29.5 Å². The van der Waals surface area contributed by atoms with Crippen LogP contribution in [-0.4, -0.2) is 71.4 Å². The van der Waals surface area contributed by atoms with E-state index < -0.39 is 11.9 Å². The van der Waals surface area contributed by atoms with Crippen molar-refractivity contribution >= 4 is 29.3 Å². The van der Waals surface area contributed by atoms with Gasteiger partial charge in [-0.1, -0.05) is 13.8 Å². The number of fused-ring (bicyclic) bond motifs is 1. The summed E-state index contributed by atoms with van der Waals surface area (Å²) in [6.45, 7) is 5.16. The largest absolute Gasteiger partial charge is 0.491 e. The second-order valence-electron chi connectivity index (χ2n) is 10.1. The first kappa shape index (κ1) is 26.4. The van der Waals surface area contributed by atoms with Crippen LogP contribution in [0.1, 0.15) is 61.9 Å². The smallest absolute Gasteiger partial charge is 0.272 e. The van der Waals surface area contributed by atoms with E-state index in [2.05, 4.69) is 10.3 Å². The third-order valence-corrected chi connectivity index (χ3v) is 7.26. The summed E-state index contributed by atoms with van der Waals surface area (Å²) in [6, 6.07) is 4.51. The van der Waals surface area contributed by atoms with E-state index in [9.17, 15) is 19.2 Å². The molecule has 0 spiro atoms. The molecule has 4 rings (SSSR count). The van der Waals surface area contributed by atoms with Crippen LogP contribution in [0.4, 0.5) is 0 Å². The Bertz CT molecular complexity index is 1160. The van der Waals surface area contributed by atoms with E-state index in [0.29, 0.717) is 42.3 Å². The highest BCUT2D eigenvalue weighted by Crippen LogP contribution is 2.30. The fourth-order valence-corrected chi connectivity index (χ4v) is 4.97. The molecule has 2 saturated heterocycles. The number of piperidine rings is 2. The van der Waals surface area contributed by atoms with Crippen molar-refractivity contribution in [2.24, 2.45) is 16.6 Å². The van der Waals surface area contributed by atoms with E-state index in [-0.39, 0.29) is 42.6 Å². The molecule has 10 nitrogen and oxygen atoms in total. The number of carbonyl (C=O) groups is 4. The van der Waals surface area contributed by atoms with Crippen molar-refractivity contribution in [2.75, 3.05) is 20.2 Å². The van der Waals surface area contributed by atoms with Crippen LogP contribution < -0.4 is 15.8 Å². The first-order chi connectivity index (χ1) is 17.7. The van der Waals surface area contributed by atoms with Crippen molar-refractivity contribution < 1.29 is 23.9 Å². The Morgan fingerprint density at radius 1 is 1.24 bits per heavy atom. The summed E-state index contributed by atoms with van der Waals surface area (Å²) in [6.07, 6.45) is 4.93. The minimum Gasteiger partial charge on any atom is -0.491 e. The zero-order valence-corrected chi connectivity index (χ0v) is 21.7. The highest BCUT2D eigenvalue weighted by atomic mass is 16.5. The van der Waals surface area contributed by atoms with Gasteiger partial charge in [0.05, 0.1) is 6.04 Å². The monoisotopic (exact) mass is 509 g/mol. The fourth-order valence-electron chi connectivity index (χ4n) is 4.97. The lowest BCUT2D eigenvalue weighted by Gasteiger charge is -2.35. The maximum Gasteiger partial charge on any atom is 0.272 e. The molecule has 3 aliphatic heterocycles. The van der Waals surface area contributed by atoms with Gasteiger partial charge in [-0.15, -0.1) is 0 Å². The average Bonchev–Trinajstić information content (AvgIpc) is 3.20. The van der Waals surface area contributed by atoms with Gasteiger partial charge in [0.2, 0.25) is 11.8 Å². The predicted molar refractivity (Wildman–Crippen MR) is 138 cm³/mol. The molecule has 37 heavy (non-hydrogen) atoms. The molecule has 4 amide bonds. The number of hydrogen-bond acceptors (Lipinski definition) is 7. The number of likely N-dealkylation sites (tertiary alicyclic amines) is 1. The van der Waals surface area contributed by atoms with E-state index in [0.717, 1.165) is 24.8 Å². The lowest BCUT2D eigenvalue weighted by Crippen LogP contribution is -2.52. The Hall–Kier alpha value is -3.69. The molecule has 0 aromatic heterocycles. The first-order valence-electron chi connectivity index (χ1n) is 12.8. The van der Waals surface area contributed by atoms with Crippen molar-refractivity contribution in [2.45, 2.75) is 64.6 Å². The lowest BCUT2D eigenvalue weighted by atomic mass is 10.0. The molecular formula is C27H35N5O5. The molecule has 198 valence electrons. The number of rotatable bonds is 7. The SMILES string of the molecule is CN=C(C=C(N)C(C)C)C(=O)N1CCCC[C@H]1COc1ccc2c(c1)CN(C1CCC(=O)NC1=O)C2=O. The molecule has 2 atom stereocenters. The molecule has 3 N–H and O–H groups in total. The molecule has 1 aromatic carbocycles. The number of nitrogens with one attached hydrogen (secondary N) is 1. The average molecular weight is 510 g/mol. The van der Waals surface area contributed by atoms with Gasteiger partial charge in [-0.2, -0.15) is 0 Å². The Balaban J connectivity index is 1.42. The van der Waals surface area contributed by atoms with Gasteiger partial charge in [0, 0.05) is 37.8 Å². The molecule has 0 radical (unpaired) electrons. The summed E-state index contributed by atoms with van der Waals surface area (Å²) in [5.74, 6) is -0.409. The van der Waals surface area contributed by atoms with E-state index in [1.54, 1.807) is 25.3 Å². The maximum atomic E-state index is 13.3. The Morgan fingerprint density at radius 3 is 2.73 bits per heavy atom. The zero-order valence-electron chi connectivity index (χ0n) is 21.7. The number of benzene rings is 1. The third kappa shape index (κ3) is 5.68. The number of hydrogen-bond donors (Lipinski definition) is 2. The molecular weight excluding hydrogens is 474 g/mol. The van der Waals surface area contributed by atoms with Crippen molar-refractivity contribution in [3.63, 3.8) is 0 Å². The van der Waals surface area contributed by atoms with Gasteiger partial charge in [0.1, 0.15) is 24.1 Å². The van der Waals surface area contributed by atoms with E-state index in [4.69, 9.17) is 10.5 Å². The molecule has 1 aromatic rings. The predicted octanol–water partition coefficient (Wildman–Crippen LogP) is 1.78. The second kappa shape index (κ2) is 11.1. The second-order valence-corrected chi connectivity index (χ2v) is 10.1. The summed E-state index contributed by atoms with van der Waals surface area (Å²) in [5, 5.41) is 2.32. The van der Waals surface area contributed by atoms with Crippen molar-refractivity contribution in [3.8, 4) is 5.75 Å². The van der Waals surface area contributed by atoms with Crippen LogP contribution in [0.3, 0.4) is 0 Å². The van der Waals surface area contributed by atoms with Crippen LogP contribution in [0.25, 0.3) is 0 Å². The number of ether oxygens (including phenoxy) is 1. The minimum absolute atomic E-state index is 0.110. The number of nitrogens with zero attached hydrogens (tertiary/aromatic N) is 3. The van der Waals surface area contributed by atoms with Crippen LogP contribution in [0.2, 0.25) is 0 Å².